The molecule has 1 aliphatic heterocycles. The van der Waals surface area contributed by atoms with Gasteiger partial charge in [-0.15, -0.1) is 0 Å². The Bertz CT molecular complexity index is 2640. The molecule has 18 heteroatoms. The summed E-state index contributed by atoms with van der Waals surface area (Å²) < 4.78 is 27.9. The van der Waals surface area contributed by atoms with E-state index in [1.54, 1.807) is 96.1 Å². The van der Waals surface area contributed by atoms with Crippen molar-refractivity contribution >= 4 is 53.2 Å². The lowest BCUT2D eigenvalue weighted by Gasteiger charge is -2.32. The lowest BCUT2D eigenvalue weighted by molar-refractivity contribution is -0.146. The van der Waals surface area contributed by atoms with Crippen LogP contribution in [0.2, 0.25) is 5.02 Å². The highest BCUT2D eigenvalue weighted by molar-refractivity contribution is 6.30. The molecule has 3 amide bonds. The number of unbranched alkanes of at least 4 members (excludes halogenated alkanes) is 1. The van der Waals surface area contributed by atoms with Crippen molar-refractivity contribution < 1.29 is 62.4 Å². The predicted octanol–water partition coefficient (Wildman–Crippen LogP) is 8.58. The summed E-state index contributed by atoms with van der Waals surface area (Å²) >= 11 is 6.11. The number of aliphatic hydroxyl groups excluding tert-OH is 1. The Kier molecular flexibility index (Phi) is 20.3. The van der Waals surface area contributed by atoms with Crippen LogP contribution in [0.5, 0.6) is 11.5 Å². The van der Waals surface area contributed by atoms with Crippen LogP contribution >= 0.6 is 11.6 Å². The Morgan fingerprint density at radius 1 is 0.838 bits per heavy atom. The van der Waals surface area contributed by atoms with Crippen LogP contribution < -0.4 is 25.8 Å². The zero-order valence-electron chi connectivity index (χ0n) is 43.6. The average Bonchev–Trinajstić information content (AvgIpc) is 3.33. The molecule has 74 heavy (non-hydrogen) atoms. The molecule has 0 saturated heterocycles. The minimum Gasteiger partial charge on any atom is -0.490 e. The summed E-state index contributed by atoms with van der Waals surface area (Å²) in [6, 6.07) is 21.1. The summed E-state index contributed by atoms with van der Waals surface area (Å²) in [5.74, 6) is -4.66. The summed E-state index contributed by atoms with van der Waals surface area (Å²) in [6.07, 6.45) is -2.43. The Labute approximate surface area is 437 Å². The Morgan fingerprint density at radius 3 is 2.08 bits per heavy atom. The first-order valence-corrected chi connectivity index (χ1v) is 25.0. The van der Waals surface area contributed by atoms with E-state index in [1.807, 2.05) is 24.3 Å². The molecule has 398 valence electrons. The summed E-state index contributed by atoms with van der Waals surface area (Å²) in [6.45, 7) is 11.6. The smallest absolute Gasteiger partial charge is 0.490 e. The maximum absolute atomic E-state index is 15.2. The van der Waals surface area contributed by atoms with Crippen molar-refractivity contribution in [2.45, 2.75) is 116 Å². The van der Waals surface area contributed by atoms with Crippen LogP contribution in [-0.4, -0.2) is 109 Å². The number of nitrogens with two attached hydrogens (primary N) is 1. The number of ether oxygens (including phenoxy) is 5. The van der Waals surface area contributed by atoms with Crippen LogP contribution in [0.4, 0.5) is 9.59 Å². The summed E-state index contributed by atoms with van der Waals surface area (Å²) in [5.41, 5.74) is 7.42. The van der Waals surface area contributed by atoms with Gasteiger partial charge in [-0.3, -0.25) is 19.2 Å². The van der Waals surface area contributed by atoms with E-state index in [0.29, 0.717) is 29.0 Å². The fraction of sp³-hybridized carbons (Fsp3) is 0.446. The first-order valence-electron chi connectivity index (χ1n) is 24.6. The maximum Gasteiger partial charge on any atom is 0.514 e. The number of fused-ring (bicyclic) bond motifs is 5. The third-order valence-electron chi connectivity index (χ3n) is 12.0. The van der Waals surface area contributed by atoms with E-state index >= 15 is 4.79 Å². The van der Waals surface area contributed by atoms with Gasteiger partial charge >= 0.3 is 18.2 Å². The predicted molar refractivity (Wildman–Crippen MR) is 279 cm³/mol. The van der Waals surface area contributed by atoms with Crippen molar-refractivity contribution in [3.05, 3.63) is 107 Å². The van der Waals surface area contributed by atoms with Crippen LogP contribution in [0.1, 0.15) is 108 Å². The molecule has 1 unspecified atom stereocenters. The Balaban J connectivity index is 1.62. The molecule has 1 heterocycles. The highest BCUT2D eigenvalue weighted by Crippen LogP contribution is 2.41. The number of halogens is 1. The summed E-state index contributed by atoms with van der Waals surface area (Å²) in [7, 11) is 2.63. The van der Waals surface area contributed by atoms with Gasteiger partial charge in [-0.1, -0.05) is 73.5 Å². The second kappa shape index (κ2) is 25.9. The van der Waals surface area contributed by atoms with Crippen LogP contribution in [0.15, 0.2) is 84.9 Å². The van der Waals surface area contributed by atoms with E-state index in [9.17, 15) is 33.9 Å². The van der Waals surface area contributed by atoms with Gasteiger partial charge < -0.3 is 50.1 Å². The van der Waals surface area contributed by atoms with Crippen molar-refractivity contribution in [1.82, 2.24) is 15.5 Å². The number of alkyl carbamates (subject to hydrolysis) is 1. The molecule has 5 atom stereocenters. The van der Waals surface area contributed by atoms with Gasteiger partial charge in [0.1, 0.15) is 47.5 Å². The average molecular weight is 1040 g/mol. The van der Waals surface area contributed by atoms with Crippen LogP contribution in [0, 0.1) is 11.8 Å². The standard InChI is InChI=1S/C56H69ClN4O13/c1-33-26-46(64)49(61(8)51(66)39(12-10-11-25-59-53(68)73-55(2,3)4)30-45(63)37-16-14-35(15-17-37)36-18-21-40(57)22-19-36)38-20-24-47(71-32-41(62)31-58)43(29-38)42-27-34(28-44(52(67)70-9)60-50(33)65)13-23-48(42)72-54(69)74-56(5,6)7/h13-24,27,29,33,39,41,44,49,62H,10-12,25-26,28,30-32,58H2,1-9H3,(H,59,68)(H,60,65)/t33-,39-,41?,44+,49+/m1/s1. The van der Waals surface area contributed by atoms with E-state index in [4.69, 9.17) is 41.0 Å². The molecule has 4 aromatic carbocycles. The van der Waals surface area contributed by atoms with E-state index < -0.39 is 83.5 Å². The number of nitrogens with one attached hydrogen (secondary N) is 2. The van der Waals surface area contributed by atoms with Gasteiger partial charge in [-0.25, -0.2) is 14.4 Å². The van der Waals surface area contributed by atoms with Crippen LogP contribution in [0.3, 0.4) is 0 Å². The first-order chi connectivity index (χ1) is 34.9. The number of esters is 1. The molecule has 5 N–H and O–H groups in total. The van der Waals surface area contributed by atoms with Gasteiger partial charge in [0.05, 0.1) is 7.11 Å². The molecule has 0 fully saturated rings. The van der Waals surface area contributed by atoms with Crippen LogP contribution in [0.25, 0.3) is 22.3 Å². The zero-order chi connectivity index (χ0) is 54.5. The normalized spacial score (nSPS) is 16.8. The quantitative estimate of drug-likeness (QED) is 0.0255. The number of nitrogens with zero attached hydrogens (tertiary/aromatic N) is 1. The highest BCUT2D eigenvalue weighted by Gasteiger charge is 2.37. The molecule has 17 nitrogen and oxygen atoms in total. The number of Topliss-reactive ketones (excluding diaryl/α,β-unsaturated/α-hetero) is 2. The van der Waals surface area contributed by atoms with Gasteiger partial charge in [0, 0.05) is 72.9 Å². The van der Waals surface area contributed by atoms with Crippen LogP contribution in [-0.2, 0) is 39.8 Å². The lowest BCUT2D eigenvalue weighted by Crippen LogP contribution is -2.46. The number of methoxy groups -OCH3 is 1. The maximum atomic E-state index is 15.2. The number of hydrogen-bond acceptors (Lipinski definition) is 14. The number of hydrogen-bond donors (Lipinski definition) is 4. The third kappa shape index (κ3) is 16.9. The van der Waals surface area contributed by atoms with E-state index in [-0.39, 0.29) is 72.9 Å². The monoisotopic (exact) mass is 1040 g/mol. The molecule has 0 saturated carbocycles. The third-order valence-corrected chi connectivity index (χ3v) is 12.2. The zero-order valence-corrected chi connectivity index (χ0v) is 44.3. The first kappa shape index (κ1) is 58.1. The topological polar surface area (TPSA) is 239 Å². The SMILES string of the molecule is COC(=O)[C@@H]1Cc2ccc(OC(=O)OC(C)(C)C)c(c2)-c2cc(ccc2OCC(O)CN)[C@H](N(C)C(=O)[C@H](CCCCNC(=O)OC(C)(C)C)CC(=O)c2ccc(-c3ccc(Cl)cc3)cc2)C(=O)C[C@@H](C)C(=O)N1. The fourth-order valence-electron chi connectivity index (χ4n) is 8.27. The number of carbonyl (C=O) groups excluding carboxylic acids is 7. The number of rotatable bonds is 17. The molecular formula is C56H69ClN4O13. The molecule has 0 spiro atoms. The molecule has 4 aromatic rings. The van der Waals surface area contributed by atoms with Crippen molar-refractivity contribution in [3.63, 3.8) is 0 Å². The largest absolute Gasteiger partial charge is 0.514 e. The minimum absolute atomic E-state index is 0.0167. The molecule has 0 aromatic heterocycles. The number of amides is 3. The van der Waals surface area contributed by atoms with Crippen molar-refractivity contribution in [2.24, 2.45) is 17.6 Å². The van der Waals surface area contributed by atoms with Gasteiger partial charge in [0.25, 0.3) is 0 Å². The molecule has 5 rings (SSSR count). The highest BCUT2D eigenvalue weighted by atomic mass is 35.5. The number of likely N-dealkylation sites (N-methyl/N-ethyl adjacent to an activating group) is 1. The van der Waals surface area contributed by atoms with Crippen molar-refractivity contribution in [3.8, 4) is 33.8 Å². The number of aliphatic hydroxyl groups is 1. The molecule has 4 bridgehead atoms. The number of benzene rings is 4. The van der Waals surface area contributed by atoms with Gasteiger partial charge in [-0.05, 0) is 113 Å². The number of ketones is 2. The summed E-state index contributed by atoms with van der Waals surface area (Å²) in [5, 5.41) is 16.5. The molecule has 0 aliphatic carbocycles. The molecule has 0 radical (unpaired) electrons. The minimum atomic E-state index is -1.39. The second-order valence-electron chi connectivity index (χ2n) is 20.4. The van der Waals surface area contributed by atoms with E-state index in [1.165, 1.54) is 32.0 Å². The molecular weight excluding hydrogens is 972 g/mol. The van der Waals surface area contributed by atoms with E-state index in [0.717, 1.165) is 11.1 Å². The van der Waals surface area contributed by atoms with Crippen molar-refractivity contribution in [2.75, 3.05) is 33.9 Å². The van der Waals surface area contributed by atoms with Gasteiger partial charge in [0.2, 0.25) is 11.8 Å². The Morgan fingerprint density at radius 2 is 1.46 bits per heavy atom. The van der Waals surface area contributed by atoms with E-state index in [2.05, 4.69) is 10.6 Å². The molecule has 1 aliphatic rings. The van der Waals surface area contributed by atoms with Gasteiger partial charge in [0.15, 0.2) is 11.6 Å². The van der Waals surface area contributed by atoms with Gasteiger partial charge in [-0.2, -0.15) is 0 Å². The number of carbonyl (C=O) groups is 7. The Hall–Kier alpha value is -6.82. The lowest BCUT2D eigenvalue weighted by atomic mass is 9.88. The fourth-order valence-corrected chi connectivity index (χ4v) is 8.40. The van der Waals surface area contributed by atoms with Crippen molar-refractivity contribution in [1.29, 1.82) is 0 Å². The summed E-state index contributed by atoms with van der Waals surface area (Å²) in [4.78, 5) is 98.4. The second-order valence-corrected chi connectivity index (χ2v) is 20.8.